The van der Waals surface area contributed by atoms with E-state index in [2.05, 4.69) is 69.1 Å². The van der Waals surface area contributed by atoms with Gasteiger partial charge in [-0.2, -0.15) is 0 Å². The van der Waals surface area contributed by atoms with Crippen LogP contribution in [0.25, 0.3) is 0 Å². The highest BCUT2D eigenvalue weighted by molar-refractivity contribution is 5.24. The van der Waals surface area contributed by atoms with E-state index in [0.29, 0.717) is 18.0 Å². The maximum Gasteiger partial charge on any atom is 0.0237 e. The van der Waals surface area contributed by atoms with Gasteiger partial charge in [0.05, 0.1) is 0 Å². The maximum absolute atomic E-state index is 3.72. The van der Waals surface area contributed by atoms with Crippen LogP contribution in [0.4, 0.5) is 0 Å². The summed E-state index contributed by atoms with van der Waals surface area (Å²) in [5.74, 6) is 1.37. The van der Waals surface area contributed by atoms with Crippen molar-refractivity contribution in [3.8, 4) is 0 Å². The molecule has 3 unspecified atom stereocenters. The van der Waals surface area contributed by atoms with Crippen molar-refractivity contribution in [3.05, 3.63) is 35.4 Å². The van der Waals surface area contributed by atoms with E-state index >= 15 is 0 Å². The molecule has 1 saturated heterocycles. The SMILES string of the molecule is CCC(C)C1CN(Cc2ccc(C(C)C)cc2)C(C)CN1. The fraction of sp³-hybridized carbons (Fsp3) is 0.684. The molecule has 1 aliphatic heterocycles. The molecule has 2 heteroatoms. The van der Waals surface area contributed by atoms with Crippen LogP contribution in [0.15, 0.2) is 24.3 Å². The van der Waals surface area contributed by atoms with Crippen LogP contribution in [0.2, 0.25) is 0 Å². The van der Waals surface area contributed by atoms with Crippen LogP contribution in [-0.4, -0.2) is 30.1 Å². The van der Waals surface area contributed by atoms with Crippen molar-refractivity contribution in [2.45, 2.75) is 65.6 Å². The predicted octanol–water partition coefficient (Wildman–Crippen LogP) is 4.02. The monoisotopic (exact) mass is 288 g/mol. The topological polar surface area (TPSA) is 15.3 Å². The second-order valence-corrected chi connectivity index (χ2v) is 7.08. The average molecular weight is 288 g/mol. The molecule has 3 atom stereocenters. The third-order valence-corrected chi connectivity index (χ3v) is 5.09. The molecular weight excluding hydrogens is 256 g/mol. The Balaban J connectivity index is 1.99. The van der Waals surface area contributed by atoms with Crippen molar-refractivity contribution in [1.82, 2.24) is 10.2 Å². The third-order valence-electron chi connectivity index (χ3n) is 5.09. The van der Waals surface area contributed by atoms with Crippen LogP contribution in [0.1, 0.15) is 58.1 Å². The summed E-state index contributed by atoms with van der Waals surface area (Å²) >= 11 is 0. The molecule has 1 aliphatic rings. The Hall–Kier alpha value is -0.860. The largest absolute Gasteiger partial charge is 0.311 e. The summed E-state index contributed by atoms with van der Waals surface area (Å²) in [6.45, 7) is 14.9. The van der Waals surface area contributed by atoms with Crippen LogP contribution in [0.5, 0.6) is 0 Å². The van der Waals surface area contributed by atoms with Crippen LogP contribution in [0, 0.1) is 5.92 Å². The van der Waals surface area contributed by atoms with Crippen molar-refractivity contribution in [1.29, 1.82) is 0 Å². The fourth-order valence-electron chi connectivity index (χ4n) is 3.08. The quantitative estimate of drug-likeness (QED) is 0.880. The summed E-state index contributed by atoms with van der Waals surface area (Å²) in [4.78, 5) is 2.64. The lowest BCUT2D eigenvalue weighted by molar-refractivity contribution is 0.112. The van der Waals surface area contributed by atoms with Gasteiger partial charge in [-0.25, -0.2) is 0 Å². The minimum Gasteiger partial charge on any atom is -0.311 e. The number of rotatable bonds is 5. The van der Waals surface area contributed by atoms with Gasteiger partial charge in [-0.15, -0.1) is 0 Å². The molecule has 1 heterocycles. The van der Waals surface area contributed by atoms with Gasteiger partial charge >= 0.3 is 0 Å². The lowest BCUT2D eigenvalue weighted by Gasteiger charge is -2.41. The number of benzene rings is 1. The molecule has 118 valence electrons. The fourth-order valence-corrected chi connectivity index (χ4v) is 3.08. The third kappa shape index (κ3) is 4.31. The molecule has 0 bridgehead atoms. The number of nitrogens with zero attached hydrogens (tertiary/aromatic N) is 1. The molecule has 1 aromatic carbocycles. The summed E-state index contributed by atoms with van der Waals surface area (Å²) in [6, 6.07) is 10.5. The first-order valence-electron chi connectivity index (χ1n) is 8.57. The molecule has 1 fully saturated rings. The van der Waals surface area contributed by atoms with Crippen molar-refractivity contribution in [2.24, 2.45) is 5.92 Å². The summed E-state index contributed by atoms with van der Waals surface area (Å²) in [5, 5.41) is 3.72. The van der Waals surface area contributed by atoms with Crippen LogP contribution in [-0.2, 0) is 6.54 Å². The van der Waals surface area contributed by atoms with Crippen molar-refractivity contribution < 1.29 is 0 Å². The molecule has 0 saturated carbocycles. The minimum atomic E-state index is 0.618. The number of nitrogens with one attached hydrogen (secondary N) is 1. The van der Waals surface area contributed by atoms with E-state index in [9.17, 15) is 0 Å². The highest BCUT2D eigenvalue weighted by atomic mass is 15.2. The second kappa shape index (κ2) is 7.42. The molecule has 0 aromatic heterocycles. The Morgan fingerprint density at radius 1 is 1.19 bits per heavy atom. The van der Waals surface area contributed by atoms with Crippen LogP contribution in [0.3, 0.4) is 0 Å². The first kappa shape index (κ1) is 16.5. The Morgan fingerprint density at radius 2 is 1.86 bits per heavy atom. The zero-order valence-electron chi connectivity index (χ0n) is 14.4. The zero-order chi connectivity index (χ0) is 15.4. The molecule has 0 spiro atoms. The molecule has 0 aliphatic carbocycles. The molecular formula is C19H32N2. The summed E-state index contributed by atoms with van der Waals surface area (Å²) in [5.41, 5.74) is 2.88. The molecule has 2 nitrogen and oxygen atoms in total. The van der Waals surface area contributed by atoms with Crippen molar-refractivity contribution >= 4 is 0 Å². The minimum absolute atomic E-state index is 0.618. The molecule has 0 amide bonds. The predicted molar refractivity (Wildman–Crippen MR) is 91.6 cm³/mol. The van der Waals surface area contributed by atoms with E-state index in [4.69, 9.17) is 0 Å². The first-order chi connectivity index (χ1) is 10.0. The van der Waals surface area contributed by atoms with Gasteiger partial charge in [0, 0.05) is 31.7 Å². The van der Waals surface area contributed by atoms with Gasteiger partial charge in [0.25, 0.3) is 0 Å². The van der Waals surface area contributed by atoms with Gasteiger partial charge in [0.15, 0.2) is 0 Å². The number of hydrogen-bond donors (Lipinski definition) is 1. The average Bonchev–Trinajstić information content (AvgIpc) is 2.49. The molecule has 2 rings (SSSR count). The van der Waals surface area contributed by atoms with Gasteiger partial charge in [-0.05, 0) is 29.9 Å². The molecule has 21 heavy (non-hydrogen) atoms. The second-order valence-electron chi connectivity index (χ2n) is 7.08. The Morgan fingerprint density at radius 3 is 2.43 bits per heavy atom. The Labute approximate surface area is 130 Å². The highest BCUT2D eigenvalue weighted by Crippen LogP contribution is 2.19. The van der Waals surface area contributed by atoms with Gasteiger partial charge < -0.3 is 5.32 Å². The summed E-state index contributed by atoms with van der Waals surface area (Å²) in [7, 11) is 0. The normalized spacial score (nSPS) is 25.2. The molecule has 0 radical (unpaired) electrons. The van der Waals surface area contributed by atoms with Gasteiger partial charge in [0.1, 0.15) is 0 Å². The lowest BCUT2D eigenvalue weighted by atomic mass is 9.95. The standard InChI is InChI=1S/C19H32N2/c1-6-15(4)19-13-21(16(5)11-20-19)12-17-7-9-18(10-8-17)14(2)3/h7-10,14-16,19-20H,6,11-13H2,1-5H3. The molecule has 1 aromatic rings. The van der Waals surface area contributed by atoms with E-state index in [1.165, 1.54) is 24.1 Å². The van der Waals surface area contributed by atoms with Crippen LogP contribution >= 0.6 is 0 Å². The first-order valence-corrected chi connectivity index (χ1v) is 8.57. The van der Waals surface area contributed by atoms with Crippen molar-refractivity contribution in [2.75, 3.05) is 13.1 Å². The van der Waals surface area contributed by atoms with Crippen LogP contribution < -0.4 is 5.32 Å². The number of piperazine rings is 1. The lowest BCUT2D eigenvalue weighted by Crippen LogP contribution is -2.56. The van der Waals surface area contributed by atoms with E-state index in [-0.39, 0.29) is 0 Å². The highest BCUT2D eigenvalue weighted by Gasteiger charge is 2.27. The van der Waals surface area contributed by atoms with E-state index < -0.39 is 0 Å². The van der Waals surface area contributed by atoms with E-state index in [1.807, 2.05) is 0 Å². The smallest absolute Gasteiger partial charge is 0.0237 e. The van der Waals surface area contributed by atoms with E-state index in [0.717, 1.165) is 19.0 Å². The Bertz CT molecular complexity index is 424. The van der Waals surface area contributed by atoms with Crippen molar-refractivity contribution in [3.63, 3.8) is 0 Å². The van der Waals surface area contributed by atoms with Gasteiger partial charge in [0.2, 0.25) is 0 Å². The summed E-state index contributed by atoms with van der Waals surface area (Å²) < 4.78 is 0. The van der Waals surface area contributed by atoms with E-state index in [1.54, 1.807) is 0 Å². The molecule has 1 N–H and O–H groups in total. The Kier molecular flexibility index (Phi) is 5.83. The van der Waals surface area contributed by atoms with Gasteiger partial charge in [-0.3, -0.25) is 4.90 Å². The van der Waals surface area contributed by atoms with Gasteiger partial charge in [-0.1, -0.05) is 58.4 Å². The maximum atomic E-state index is 3.72. The zero-order valence-corrected chi connectivity index (χ0v) is 14.4. The number of hydrogen-bond acceptors (Lipinski definition) is 2. The summed E-state index contributed by atoms with van der Waals surface area (Å²) in [6.07, 6.45) is 1.25.